The van der Waals surface area contributed by atoms with E-state index >= 15 is 0 Å². The van der Waals surface area contributed by atoms with Gasteiger partial charge in [0.2, 0.25) is 0 Å². The van der Waals surface area contributed by atoms with Gasteiger partial charge in [-0.25, -0.2) is 14.8 Å². The average molecular weight is 346 g/mol. The van der Waals surface area contributed by atoms with Crippen LogP contribution in [0.3, 0.4) is 0 Å². The van der Waals surface area contributed by atoms with Crippen molar-refractivity contribution in [1.29, 1.82) is 0 Å². The number of ether oxygens (including phenoxy) is 1. The van der Waals surface area contributed by atoms with Crippen LogP contribution in [0.5, 0.6) is 0 Å². The van der Waals surface area contributed by atoms with Gasteiger partial charge in [0.1, 0.15) is 11.3 Å². The van der Waals surface area contributed by atoms with Crippen molar-refractivity contribution in [3.05, 3.63) is 53.5 Å². The second kappa shape index (κ2) is 6.67. The normalized spacial score (nSPS) is 11.9. The van der Waals surface area contributed by atoms with Gasteiger partial charge in [-0.1, -0.05) is 11.6 Å². The van der Waals surface area contributed by atoms with Crippen molar-refractivity contribution >= 4 is 40.4 Å². The summed E-state index contributed by atoms with van der Waals surface area (Å²) in [6.45, 7) is 1.47. The molecule has 3 rings (SSSR count). The average Bonchev–Trinajstić information content (AvgIpc) is 3.04. The van der Waals surface area contributed by atoms with Crippen LogP contribution in [0.4, 0.5) is 5.82 Å². The zero-order valence-electron chi connectivity index (χ0n) is 12.5. The fourth-order valence-corrected chi connectivity index (χ4v) is 2.06. The monoisotopic (exact) mass is 345 g/mol. The van der Waals surface area contributed by atoms with Gasteiger partial charge in [-0.3, -0.25) is 4.79 Å². The summed E-state index contributed by atoms with van der Waals surface area (Å²) < 4.78 is 10.3. The third-order valence-electron chi connectivity index (χ3n) is 3.20. The maximum atomic E-state index is 12.1. The van der Waals surface area contributed by atoms with E-state index in [9.17, 15) is 9.59 Å². The van der Waals surface area contributed by atoms with Gasteiger partial charge in [0, 0.05) is 6.20 Å². The lowest BCUT2D eigenvalue weighted by Gasteiger charge is -2.13. The summed E-state index contributed by atoms with van der Waals surface area (Å²) in [6, 6.07) is 7.83. The topological polar surface area (TPSA) is 94.3 Å². The highest BCUT2D eigenvalue weighted by Crippen LogP contribution is 2.16. The van der Waals surface area contributed by atoms with Crippen molar-refractivity contribution in [2.45, 2.75) is 13.0 Å². The van der Waals surface area contributed by atoms with Crippen LogP contribution >= 0.6 is 11.6 Å². The second-order valence-corrected chi connectivity index (χ2v) is 5.37. The number of halogens is 1. The number of carbonyl (C=O) groups excluding carboxylic acids is 2. The fourth-order valence-electron chi connectivity index (χ4n) is 1.94. The molecule has 0 spiro atoms. The highest BCUT2D eigenvalue weighted by atomic mass is 35.5. The molecule has 1 amide bonds. The molecule has 0 saturated heterocycles. The molecule has 122 valence electrons. The molecule has 1 unspecified atom stereocenters. The number of anilines is 1. The molecule has 0 aliphatic rings. The largest absolute Gasteiger partial charge is 0.449 e. The van der Waals surface area contributed by atoms with Crippen molar-refractivity contribution < 1.29 is 18.7 Å². The van der Waals surface area contributed by atoms with Crippen LogP contribution in [-0.4, -0.2) is 27.9 Å². The second-order valence-electron chi connectivity index (χ2n) is 4.93. The Morgan fingerprint density at radius 1 is 1.25 bits per heavy atom. The number of nitrogens with one attached hydrogen (secondary N) is 1. The van der Waals surface area contributed by atoms with E-state index in [1.54, 1.807) is 24.3 Å². The maximum Gasteiger partial charge on any atom is 0.338 e. The summed E-state index contributed by atoms with van der Waals surface area (Å²) in [5.41, 5.74) is 1.37. The Morgan fingerprint density at radius 3 is 2.83 bits per heavy atom. The van der Waals surface area contributed by atoms with Crippen molar-refractivity contribution in [3.63, 3.8) is 0 Å². The number of carbonyl (C=O) groups is 2. The van der Waals surface area contributed by atoms with Gasteiger partial charge in [-0.2, -0.15) is 0 Å². The van der Waals surface area contributed by atoms with Crippen LogP contribution in [0, 0.1) is 0 Å². The Hall–Kier alpha value is -2.93. The Labute approximate surface area is 141 Å². The molecule has 3 aromatic rings. The summed E-state index contributed by atoms with van der Waals surface area (Å²) in [4.78, 5) is 32.1. The standard InChI is InChI=1S/C16H12ClN3O4/c1-9(15(21)20-14-5-3-11(17)7-18-14)24-16(22)10-2-4-13-12(6-10)19-8-23-13/h2-9H,1H3,(H,18,20,21). The van der Waals surface area contributed by atoms with Crippen LogP contribution in [0.1, 0.15) is 17.3 Å². The molecule has 0 radical (unpaired) electrons. The molecular weight excluding hydrogens is 334 g/mol. The van der Waals surface area contributed by atoms with Gasteiger partial charge in [-0.15, -0.1) is 0 Å². The van der Waals surface area contributed by atoms with Gasteiger partial charge in [-0.05, 0) is 37.3 Å². The number of oxazole rings is 1. The number of nitrogens with zero attached hydrogens (tertiary/aromatic N) is 2. The molecule has 0 aliphatic heterocycles. The minimum Gasteiger partial charge on any atom is -0.449 e. The van der Waals surface area contributed by atoms with E-state index in [0.29, 0.717) is 21.9 Å². The van der Waals surface area contributed by atoms with Gasteiger partial charge >= 0.3 is 5.97 Å². The first-order valence-electron chi connectivity index (χ1n) is 6.99. The molecule has 1 atom stereocenters. The van der Waals surface area contributed by atoms with Gasteiger partial charge in [0.25, 0.3) is 5.91 Å². The number of hydrogen-bond acceptors (Lipinski definition) is 6. The van der Waals surface area contributed by atoms with Crippen molar-refractivity contribution in [1.82, 2.24) is 9.97 Å². The first-order valence-corrected chi connectivity index (χ1v) is 7.37. The van der Waals surface area contributed by atoms with Crippen LogP contribution in [0.25, 0.3) is 11.1 Å². The van der Waals surface area contributed by atoms with Gasteiger partial charge < -0.3 is 14.5 Å². The first-order chi connectivity index (χ1) is 11.5. The fraction of sp³-hybridized carbons (Fsp3) is 0.125. The van der Waals surface area contributed by atoms with Crippen molar-refractivity contribution in [3.8, 4) is 0 Å². The van der Waals surface area contributed by atoms with Crippen LogP contribution in [0.2, 0.25) is 5.02 Å². The predicted molar refractivity (Wildman–Crippen MR) is 86.8 cm³/mol. The molecule has 0 bridgehead atoms. The third-order valence-corrected chi connectivity index (χ3v) is 3.42. The molecule has 24 heavy (non-hydrogen) atoms. The molecular formula is C16H12ClN3O4. The SMILES string of the molecule is CC(OC(=O)c1ccc2ocnc2c1)C(=O)Nc1ccc(Cl)cn1. The van der Waals surface area contributed by atoms with E-state index < -0.39 is 18.0 Å². The molecule has 1 aromatic carbocycles. The summed E-state index contributed by atoms with van der Waals surface area (Å²) in [5.74, 6) is -0.816. The van der Waals surface area contributed by atoms with Crippen LogP contribution in [0.15, 0.2) is 47.3 Å². The van der Waals surface area contributed by atoms with Gasteiger partial charge in [0.15, 0.2) is 18.1 Å². The number of rotatable bonds is 4. The summed E-state index contributed by atoms with van der Waals surface area (Å²) in [7, 11) is 0. The molecule has 0 aliphatic carbocycles. The quantitative estimate of drug-likeness (QED) is 0.730. The molecule has 2 heterocycles. The number of esters is 1. The molecule has 0 saturated carbocycles. The minimum absolute atomic E-state index is 0.278. The lowest BCUT2D eigenvalue weighted by molar-refractivity contribution is -0.123. The number of pyridine rings is 1. The molecule has 0 fully saturated rings. The smallest absolute Gasteiger partial charge is 0.338 e. The zero-order chi connectivity index (χ0) is 17.1. The zero-order valence-corrected chi connectivity index (χ0v) is 13.3. The Kier molecular flexibility index (Phi) is 4.43. The van der Waals surface area contributed by atoms with E-state index in [4.69, 9.17) is 20.8 Å². The molecule has 7 nitrogen and oxygen atoms in total. The Bertz CT molecular complexity index is 892. The van der Waals surface area contributed by atoms with Crippen LogP contribution < -0.4 is 5.32 Å². The van der Waals surface area contributed by atoms with E-state index in [1.165, 1.54) is 25.6 Å². The summed E-state index contributed by atoms with van der Waals surface area (Å²) >= 11 is 5.72. The highest BCUT2D eigenvalue weighted by molar-refractivity contribution is 6.30. The summed E-state index contributed by atoms with van der Waals surface area (Å²) in [6.07, 6.45) is 1.69. The lowest BCUT2D eigenvalue weighted by Crippen LogP contribution is -2.30. The highest BCUT2D eigenvalue weighted by Gasteiger charge is 2.20. The number of benzene rings is 1. The summed E-state index contributed by atoms with van der Waals surface area (Å²) in [5, 5.41) is 2.99. The predicted octanol–water partition coefficient (Wildman–Crippen LogP) is 3.06. The number of aromatic nitrogens is 2. The molecule has 8 heteroatoms. The Morgan fingerprint density at radius 2 is 2.08 bits per heavy atom. The minimum atomic E-state index is -0.997. The Balaban J connectivity index is 1.64. The third kappa shape index (κ3) is 3.52. The molecule has 1 N–H and O–H groups in total. The lowest BCUT2D eigenvalue weighted by atomic mass is 10.2. The van der Waals surface area contributed by atoms with E-state index in [-0.39, 0.29) is 5.56 Å². The first kappa shape index (κ1) is 15.9. The van der Waals surface area contributed by atoms with Gasteiger partial charge in [0.05, 0.1) is 10.6 Å². The van der Waals surface area contributed by atoms with Crippen LogP contribution in [-0.2, 0) is 9.53 Å². The van der Waals surface area contributed by atoms with Crippen molar-refractivity contribution in [2.24, 2.45) is 0 Å². The number of hydrogen-bond donors (Lipinski definition) is 1. The van der Waals surface area contributed by atoms with Crippen molar-refractivity contribution in [2.75, 3.05) is 5.32 Å². The van der Waals surface area contributed by atoms with E-state index in [2.05, 4.69) is 15.3 Å². The number of amides is 1. The maximum absolute atomic E-state index is 12.1. The van der Waals surface area contributed by atoms with E-state index in [1.807, 2.05) is 0 Å². The van der Waals surface area contributed by atoms with E-state index in [0.717, 1.165) is 0 Å². The molecule has 2 aromatic heterocycles. The number of fused-ring (bicyclic) bond motifs is 1.